The van der Waals surface area contributed by atoms with Crippen LogP contribution in [0, 0.1) is 5.82 Å². The third kappa shape index (κ3) is 3.20. The number of hydrogen-bond acceptors (Lipinski definition) is 3. The van der Waals surface area contributed by atoms with E-state index in [2.05, 4.69) is 5.32 Å². The van der Waals surface area contributed by atoms with Gasteiger partial charge >= 0.3 is 0 Å². The largest absolute Gasteiger partial charge is 0.467 e. The molecule has 0 amide bonds. The predicted octanol–water partition coefficient (Wildman–Crippen LogP) is 3.73. The van der Waals surface area contributed by atoms with Crippen LogP contribution in [0.25, 0.3) is 0 Å². The van der Waals surface area contributed by atoms with Gasteiger partial charge in [0.25, 0.3) is 0 Å². The molecular formula is C16H21FN2O. The van der Waals surface area contributed by atoms with Crippen LogP contribution >= 0.6 is 0 Å². The second kappa shape index (κ2) is 6.57. The molecule has 4 heteroatoms. The third-order valence-electron chi connectivity index (χ3n) is 3.35. The molecule has 1 N–H and O–H groups in total. The Hall–Kier alpha value is -1.81. The lowest BCUT2D eigenvalue weighted by Gasteiger charge is -2.25. The quantitative estimate of drug-likeness (QED) is 0.871. The predicted molar refractivity (Wildman–Crippen MR) is 79.3 cm³/mol. The van der Waals surface area contributed by atoms with Gasteiger partial charge in [0.15, 0.2) is 0 Å². The van der Waals surface area contributed by atoms with Gasteiger partial charge in [-0.25, -0.2) is 4.39 Å². The SMILES string of the molecule is CCNC(C)c1cccc(F)c1N(C)Cc1ccco1. The molecule has 0 bridgehead atoms. The summed E-state index contributed by atoms with van der Waals surface area (Å²) < 4.78 is 19.6. The summed E-state index contributed by atoms with van der Waals surface area (Å²) >= 11 is 0. The summed E-state index contributed by atoms with van der Waals surface area (Å²) in [7, 11) is 1.88. The van der Waals surface area contributed by atoms with Crippen molar-refractivity contribution in [2.24, 2.45) is 0 Å². The Bertz CT molecular complexity index is 539. The zero-order valence-corrected chi connectivity index (χ0v) is 12.2. The summed E-state index contributed by atoms with van der Waals surface area (Å²) in [6, 6.07) is 9.05. The molecule has 1 aromatic heterocycles. The second-order valence-electron chi connectivity index (χ2n) is 4.89. The number of nitrogens with zero attached hydrogens (tertiary/aromatic N) is 1. The Morgan fingerprint density at radius 3 is 2.75 bits per heavy atom. The Morgan fingerprint density at radius 2 is 2.10 bits per heavy atom. The van der Waals surface area contributed by atoms with Gasteiger partial charge in [-0.3, -0.25) is 0 Å². The van der Waals surface area contributed by atoms with Crippen LogP contribution in [0.5, 0.6) is 0 Å². The molecule has 0 aliphatic heterocycles. The van der Waals surface area contributed by atoms with Crippen LogP contribution in [0.3, 0.4) is 0 Å². The smallest absolute Gasteiger partial charge is 0.146 e. The topological polar surface area (TPSA) is 28.4 Å². The van der Waals surface area contributed by atoms with E-state index < -0.39 is 0 Å². The van der Waals surface area contributed by atoms with E-state index in [9.17, 15) is 4.39 Å². The Balaban J connectivity index is 2.29. The van der Waals surface area contributed by atoms with Crippen LogP contribution in [0.1, 0.15) is 31.2 Å². The molecule has 2 aromatic rings. The minimum Gasteiger partial charge on any atom is -0.467 e. The normalized spacial score (nSPS) is 12.4. The molecule has 20 heavy (non-hydrogen) atoms. The number of rotatable bonds is 6. The van der Waals surface area contributed by atoms with E-state index in [1.54, 1.807) is 12.3 Å². The summed E-state index contributed by atoms with van der Waals surface area (Å²) in [4.78, 5) is 1.89. The summed E-state index contributed by atoms with van der Waals surface area (Å²) in [5.41, 5.74) is 1.58. The number of benzene rings is 1. The molecule has 0 spiro atoms. The number of anilines is 1. The van der Waals surface area contributed by atoms with Crippen molar-refractivity contribution in [3.05, 3.63) is 53.7 Å². The van der Waals surface area contributed by atoms with Gasteiger partial charge in [0, 0.05) is 13.1 Å². The summed E-state index contributed by atoms with van der Waals surface area (Å²) in [6.45, 7) is 5.48. The highest BCUT2D eigenvalue weighted by atomic mass is 19.1. The van der Waals surface area contributed by atoms with Crippen LogP contribution < -0.4 is 10.2 Å². The number of furan rings is 1. The van der Waals surface area contributed by atoms with E-state index in [0.29, 0.717) is 12.2 Å². The van der Waals surface area contributed by atoms with E-state index in [4.69, 9.17) is 4.42 Å². The molecular weight excluding hydrogens is 255 g/mol. The van der Waals surface area contributed by atoms with Crippen molar-refractivity contribution in [1.29, 1.82) is 0 Å². The summed E-state index contributed by atoms with van der Waals surface area (Å²) in [5.74, 6) is 0.610. The average Bonchev–Trinajstić information content (AvgIpc) is 2.91. The molecule has 0 aliphatic carbocycles. The van der Waals surface area contributed by atoms with Crippen molar-refractivity contribution in [1.82, 2.24) is 5.32 Å². The molecule has 108 valence electrons. The number of para-hydroxylation sites is 1. The van der Waals surface area contributed by atoms with Crippen LogP contribution in [0.15, 0.2) is 41.0 Å². The first kappa shape index (κ1) is 14.6. The molecule has 0 saturated carbocycles. The Morgan fingerprint density at radius 1 is 1.30 bits per heavy atom. The standard InChI is InChI=1S/C16H21FN2O/c1-4-18-12(2)14-8-5-9-15(17)16(14)19(3)11-13-7-6-10-20-13/h5-10,12,18H,4,11H2,1-3H3. The molecule has 0 aliphatic rings. The van der Waals surface area contributed by atoms with E-state index in [-0.39, 0.29) is 11.9 Å². The Labute approximate surface area is 119 Å². The van der Waals surface area contributed by atoms with Crippen molar-refractivity contribution in [2.75, 3.05) is 18.5 Å². The third-order valence-corrected chi connectivity index (χ3v) is 3.35. The highest BCUT2D eigenvalue weighted by Crippen LogP contribution is 2.29. The minimum atomic E-state index is -0.207. The maximum Gasteiger partial charge on any atom is 0.146 e. The van der Waals surface area contributed by atoms with Crippen LogP contribution in [0.4, 0.5) is 10.1 Å². The fraction of sp³-hybridized carbons (Fsp3) is 0.375. The fourth-order valence-corrected chi connectivity index (χ4v) is 2.42. The van der Waals surface area contributed by atoms with Crippen LogP contribution in [-0.2, 0) is 6.54 Å². The molecule has 1 atom stereocenters. The highest BCUT2D eigenvalue weighted by molar-refractivity contribution is 5.55. The molecule has 1 unspecified atom stereocenters. The van der Waals surface area contributed by atoms with Crippen LogP contribution in [0.2, 0.25) is 0 Å². The monoisotopic (exact) mass is 276 g/mol. The van der Waals surface area contributed by atoms with Gasteiger partial charge in [0.1, 0.15) is 11.6 Å². The van der Waals surface area contributed by atoms with Gasteiger partial charge in [-0.2, -0.15) is 0 Å². The number of nitrogens with one attached hydrogen (secondary N) is 1. The van der Waals surface area contributed by atoms with Gasteiger partial charge in [0.2, 0.25) is 0 Å². The zero-order valence-electron chi connectivity index (χ0n) is 12.2. The molecule has 0 saturated heterocycles. The van der Waals surface area contributed by atoms with E-state index in [0.717, 1.165) is 17.9 Å². The van der Waals surface area contributed by atoms with E-state index in [1.807, 2.05) is 44.0 Å². The average molecular weight is 276 g/mol. The van der Waals surface area contributed by atoms with Crippen molar-refractivity contribution >= 4 is 5.69 Å². The molecule has 3 nitrogen and oxygen atoms in total. The van der Waals surface area contributed by atoms with Gasteiger partial charge in [-0.05, 0) is 37.2 Å². The van der Waals surface area contributed by atoms with Crippen molar-refractivity contribution < 1.29 is 8.81 Å². The molecule has 1 aromatic carbocycles. The summed E-state index contributed by atoms with van der Waals surface area (Å²) in [6.07, 6.45) is 1.63. The van der Waals surface area contributed by atoms with Crippen LogP contribution in [-0.4, -0.2) is 13.6 Å². The minimum absolute atomic E-state index is 0.102. The maximum absolute atomic E-state index is 14.2. The lowest BCUT2D eigenvalue weighted by Crippen LogP contribution is -2.24. The fourth-order valence-electron chi connectivity index (χ4n) is 2.42. The molecule has 0 fully saturated rings. The van der Waals surface area contributed by atoms with Gasteiger partial charge < -0.3 is 14.6 Å². The maximum atomic E-state index is 14.2. The molecule has 0 radical (unpaired) electrons. The Kier molecular flexibility index (Phi) is 4.79. The van der Waals surface area contributed by atoms with Crippen molar-refractivity contribution in [3.8, 4) is 0 Å². The van der Waals surface area contributed by atoms with Gasteiger partial charge in [-0.15, -0.1) is 0 Å². The van der Waals surface area contributed by atoms with Gasteiger partial charge in [-0.1, -0.05) is 19.1 Å². The highest BCUT2D eigenvalue weighted by Gasteiger charge is 2.17. The molecule has 2 rings (SSSR count). The lowest BCUT2D eigenvalue weighted by molar-refractivity contribution is 0.504. The summed E-state index contributed by atoms with van der Waals surface area (Å²) in [5, 5.41) is 3.33. The first-order valence-corrected chi connectivity index (χ1v) is 6.88. The van der Waals surface area contributed by atoms with E-state index >= 15 is 0 Å². The van der Waals surface area contributed by atoms with E-state index in [1.165, 1.54) is 6.07 Å². The second-order valence-corrected chi connectivity index (χ2v) is 4.89. The number of hydrogen-bond donors (Lipinski definition) is 1. The zero-order chi connectivity index (χ0) is 14.5. The molecule has 1 heterocycles. The first-order valence-electron chi connectivity index (χ1n) is 6.88. The number of halogens is 1. The first-order chi connectivity index (χ1) is 9.63. The van der Waals surface area contributed by atoms with Crippen molar-refractivity contribution in [2.45, 2.75) is 26.4 Å². The lowest BCUT2D eigenvalue weighted by atomic mass is 10.0. The van der Waals surface area contributed by atoms with Gasteiger partial charge in [0.05, 0.1) is 18.5 Å². The van der Waals surface area contributed by atoms with Crippen molar-refractivity contribution in [3.63, 3.8) is 0 Å².